The van der Waals surface area contributed by atoms with Crippen LogP contribution in [-0.2, 0) is 17.4 Å². The van der Waals surface area contributed by atoms with Crippen LogP contribution in [-0.4, -0.2) is 44.5 Å². The Balaban J connectivity index is 1.72. The number of aromatic nitrogens is 4. The topological polar surface area (TPSA) is 74.3 Å². The number of pyridine rings is 1. The van der Waals surface area contributed by atoms with Crippen LogP contribution in [0.2, 0.25) is 0 Å². The number of hydrogen-bond acceptors (Lipinski definition) is 5. The average Bonchev–Trinajstić information content (AvgIpc) is 3.46. The minimum absolute atomic E-state index is 0.0438. The van der Waals surface area contributed by atoms with Gasteiger partial charge < -0.3 is 23.7 Å². The molecule has 1 fully saturated rings. The van der Waals surface area contributed by atoms with E-state index in [0.717, 1.165) is 45.0 Å². The Hall–Kier alpha value is -3.82. The Labute approximate surface area is 237 Å². The molecular formula is C32H34F2N4O3. The molecule has 6 rings (SSSR count). The Morgan fingerprint density at radius 1 is 1.05 bits per heavy atom. The number of nitrogens with zero attached hydrogens (tertiary/aromatic N) is 4. The second-order valence-electron chi connectivity index (χ2n) is 11.4. The van der Waals surface area contributed by atoms with Crippen LogP contribution in [0.1, 0.15) is 49.6 Å². The predicted molar refractivity (Wildman–Crippen MR) is 154 cm³/mol. The van der Waals surface area contributed by atoms with Crippen molar-refractivity contribution in [2.24, 2.45) is 13.0 Å². The standard InChI is InChI=1S/C32H34F2N4O3/c1-18-30(37(4)17-36-18)20-12-27-29(35-16-20)22-7-6-21(32(2,3)39)13-26(22)38(27)31(19-8-10-41-11-9-19)23-14-25(34)28(40-5)15-24(23)33/h6-7,12-17,19,31,39H,8-11H2,1-5H3. The quantitative estimate of drug-likeness (QED) is 0.259. The SMILES string of the molecule is COc1cc(F)c(C(C2CCOCC2)n2c3cc(C(C)(C)O)ccc3c3ncc(-c4c(C)ncn4C)cc32)cc1F. The molecule has 41 heavy (non-hydrogen) atoms. The van der Waals surface area contributed by atoms with Crippen LogP contribution in [0.5, 0.6) is 5.75 Å². The summed E-state index contributed by atoms with van der Waals surface area (Å²) in [5.41, 5.74) is 4.84. The smallest absolute Gasteiger partial charge is 0.165 e. The zero-order valence-corrected chi connectivity index (χ0v) is 23.9. The van der Waals surface area contributed by atoms with E-state index in [9.17, 15) is 5.11 Å². The molecule has 1 saturated heterocycles. The summed E-state index contributed by atoms with van der Waals surface area (Å²) < 4.78 is 45.9. The Kier molecular flexibility index (Phi) is 6.82. The molecule has 5 aromatic rings. The summed E-state index contributed by atoms with van der Waals surface area (Å²) in [6.07, 6.45) is 4.95. The lowest BCUT2D eigenvalue weighted by Crippen LogP contribution is -2.28. The van der Waals surface area contributed by atoms with Crippen LogP contribution in [0.25, 0.3) is 33.2 Å². The average molecular weight is 561 g/mol. The molecule has 1 unspecified atom stereocenters. The Bertz CT molecular complexity index is 1740. The van der Waals surface area contributed by atoms with Gasteiger partial charge in [-0.25, -0.2) is 13.8 Å². The Morgan fingerprint density at radius 2 is 1.80 bits per heavy atom. The molecule has 1 aliphatic rings. The van der Waals surface area contributed by atoms with Crippen molar-refractivity contribution in [2.75, 3.05) is 20.3 Å². The number of halogens is 2. The van der Waals surface area contributed by atoms with Crippen LogP contribution < -0.4 is 4.74 Å². The summed E-state index contributed by atoms with van der Waals surface area (Å²) in [7, 11) is 3.26. The first-order valence-corrected chi connectivity index (χ1v) is 13.8. The number of hydrogen-bond donors (Lipinski definition) is 1. The number of fused-ring (bicyclic) bond motifs is 3. The third-order valence-electron chi connectivity index (χ3n) is 8.32. The maximum atomic E-state index is 15.9. The number of rotatable bonds is 6. The fourth-order valence-electron chi connectivity index (χ4n) is 6.24. The molecule has 0 spiro atoms. The molecule has 1 atom stereocenters. The zero-order chi connectivity index (χ0) is 29.1. The highest BCUT2D eigenvalue weighted by molar-refractivity contribution is 6.07. The lowest BCUT2D eigenvalue weighted by atomic mass is 9.86. The third kappa shape index (κ3) is 4.67. The summed E-state index contributed by atoms with van der Waals surface area (Å²) in [5, 5.41) is 11.8. The monoisotopic (exact) mass is 560 g/mol. The van der Waals surface area contributed by atoms with Crippen LogP contribution in [0.15, 0.2) is 48.9 Å². The summed E-state index contributed by atoms with van der Waals surface area (Å²) in [6.45, 7) is 6.48. The summed E-state index contributed by atoms with van der Waals surface area (Å²) in [5.74, 6) is -1.35. The van der Waals surface area contributed by atoms with E-state index in [4.69, 9.17) is 14.5 Å². The highest BCUT2D eigenvalue weighted by Crippen LogP contribution is 2.43. The molecule has 0 bridgehead atoms. The molecule has 0 aliphatic carbocycles. The minimum Gasteiger partial charge on any atom is -0.494 e. The van der Waals surface area contributed by atoms with E-state index >= 15 is 8.78 Å². The van der Waals surface area contributed by atoms with Gasteiger partial charge in [-0.3, -0.25) is 4.98 Å². The highest BCUT2D eigenvalue weighted by Gasteiger charge is 2.33. The van der Waals surface area contributed by atoms with Crippen LogP contribution in [0.4, 0.5) is 8.78 Å². The first-order valence-electron chi connectivity index (χ1n) is 13.8. The number of aliphatic hydroxyl groups is 1. The van der Waals surface area contributed by atoms with Crippen molar-refractivity contribution in [1.82, 2.24) is 19.1 Å². The largest absolute Gasteiger partial charge is 0.494 e. The number of aryl methyl sites for hydroxylation is 2. The fraction of sp³-hybridized carbons (Fsp3) is 0.375. The highest BCUT2D eigenvalue weighted by atomic mass is 19.1. The van der Waals surface area contributed by atoms with Gasteiger partial charge in [0, 0.05) is 49.0 Å². The van der Waals surface area contributed by atoms with Gasteiger partial charge in [-0.05, 0) is 63.3 Å². The molecule has 9 heteroatoms. The van der Waals surface area contributed by atoms with Crippen LogP contribution in [0.3, 0.4) is 0 Å². The van der Waals surface area contributed by atoms with Crippen molar-refractivity contribution in [3.05, 3.63) is 77.4 Å². The van der Waals surface area contributed by atoms with Crippen molar-refractivity contribution in [3.63, 3.8) is 0 Å². The maximum absolute atomic E-state index is 15.9. The van der Waals surface area contributed by atoms with Gasteiger partial charge in [0.1, 0.15) is 5.82 Å². The molecule has 1 N–H and O–H groups in total. The van der Waals surface area contributed by atoms with Crippen molar-refractivity contribution in [2.45, 2.75) is 45.3 Å². The first kappa shape index (κ1) is 27.4. The fourth-order valence-corrected chi connectivity index (χ4v) is 6.24. The molecule has 3 aromatic heterocycles. The van der Waals surface area contributed by atoms with E-state index in [0.29, 0.717) is 31.6 Å². The van der Waals surface area contributed by atoms with Crippen LogP contribution in [0, 0.1) is 24.5 Å². The minimum atomic E-state index is -1.11. The van der Waals surface area contributed by atoms with Gasteiger partial charge in [-0.2, -0.15) is 0 Å². The van der Waals surface area contributed by atoms with Gasteiger partial charge in [0.2, 0.25) is 0 Å². The van der Waals surface area contributed by atoms with Gasteiger partial charge in [-0.15, -0.1) is 0 Å². The summed E-state index contributed by atoms with van der Waals surface area (Å²) in [4.78, 5) is 9.37. The van der Waals surface area contributed by atoms with E-state index in [2.05, 4.69) is 15.6 Å². The van der Waals surface area contributed by atoms with Gasteiger partial charge in [-0.1, -0.05) is 12.1 Å². The van der Waals surface area contributed by atoms with E-state index in [1.165, 1.54) is 13.2 Å². The Morgan fingerprint density at radius 3 is 2.46 bits per heavy atom. The second-order valence-corrected chi connectivity index (χ2v) is 11.4. The van der Waals surface area contributed by atoms with Crippen LogP contribution >= 0.6 is 0 Å². The molecule has 0 radical (unpaired) electrons. The maximum Gasteiger partial charge on any atom is 0.165 e. The van der Waals surface area contributed by atoms with Crippen molar-refractivity contribution >= 4 is 21.9 Å². The van der Waals surface area contributed by atoms with Crippen molar-refractivity contribution < 1.29 is 23.4 Å². The van der Waals surface area contributed by atoms with Gasteiger partial charge in [0.05, 0.1) is 53.0 Å². The molecule has 0 saturated carbocycles. The van der Waals surface area contributed by atoms with Crippen molar-refractivity contribution in [1.29, 1.82) is 0 Å². The molecule has 1 aliphatic heterocycles. The third-order valence-corrected chi connectivity index (χ3v) is 8.32. The number of imidazole rings is 1. The van der Waals surface area contributed by atoms with Gasteiger partial charge in [0.25, 0.3) is 0 Å². The second kappa shape index (κ2) is 10.2. The predicted octanol–water partition coefficient (Wildman–Crippen LogP) is 6.43. The molecule has 4 heterocycles. The lowest BCUT2D eigenvalue weighted by molar-refractivity contribution is 0.0547. The summed E-state index contributed by atoms with van der Waals surface area (Å²) in [6, 6.07) is 9.65. The van der Waals surface area contributed by atoms with E-state index in [1.807, 2.05) is 42.9 Å². The zero-order valence-electron chi connectivity index (χ0n) is 23.9. The van der Waals surface area contributed by atoms with Gasteiger partial charge >= 0.3 is 0 Å². The molecular weight excluding hydrogens is 526 g/mol. The lowest BCUT2D eigenvalue weighted by Gasteiger charge is -2.33. The van der Waals surface area contributed by atoms with E-state index in [1.54, 1.807) is 20.2 Å². The van der Waals surface area contributed by atoms with Gasteiger partial charge in [0.15, 0.2) is 11.6 Å². The van der Waals surface area contributed by atoms with E-state index in [-0.39, 0.29) is 17.2 Å². The number of benzene rings is 2. The molecule has 2 aromatic carbocycles. The van der Waals surface area contributed by atoms with Crippen molar-refractivity contribution in [3.8, 4) is 17.0 Å². The summed E-state index contributed by atoms with van der Waals surface area (Å²) >= 11 is 0. The molecule has 0 amide bonds. The number of ether oxygens (including phenoxy) is 2. The first-order chi connectivity index (χ1) is 19.6. The number of methoxy groups -OCH3 is 1. The molecule has 7 nitrogen and oxygen atoms in total. The molecule has 214 valence electrons. The van der Waals surface area contributed by atoms with E-state index < -0.39 is 23.3 Å². The normalized spacial score (nSPS) is 15.6.